The molecule has 3 rings (SSSR count). The lowest BCUT2D eigenvalue weighted by Gasteiger charge is -2.42. The first-order valence-electron chi connectivity index (χ1n) is 10.0. The van der Waals surface area contributed by atoms with Gasteiger partial charge in [0.05, 0.1) is 32.2 Å². The van der Waals surface area contributed by atoms with Crippen LogP contribution >= 0.6 is 0 Å². The Labute approximate surface area is 149 Å². The highest BCUT2D eigenvalue weighted by molar-refractivity contribution is 5.55. The fourth-order valence-electron chi connectivity index (χ4n) is 4.87. The average molecular weight is 330 g/mol. The van der Waals surface area contributed by atoms with Gasteiger partial charge in [-0.2, -0.15) is 0 Å². The highest BCUT2D eigenvalue weighted by atomic mass is 15.3. The van der Waals surface area contributed by atoms with Gasteiger partial charge in [0.15, 0.2) is 0 Å². The third-order valence-electron chi connectivity index (χ3n) is 6.64. The van der Waals surface area contributed by atoms with Crippen LogP contribution in [0.4, 0.5) is 5.69 Å². The van der Waals surface area contributed by atoms with Crippen molar-refractivity contribution in [2.45, 2.75) is 66.3 Å². The minimum absolute atomic E-state index is 0.502. The van der Waals surface area contributed by atoms with Crippen LogP contribution in [0.1, 0.15) is 57.6 Å². The summed E-state index contributed by atoms with van der Waals surface area (Å²) in [7, 11) is 0. The molecule has 0 atom stereocenters. The zero-order valence-electron chi connectivity index (χ0n) is 16.5. The first-order chi connectivity index (χ1) is 11.3. The summed E-state index contributed by atoms with van der Waals surface area (Å²) in [6.45, 7) is 16.8. The van der Waals surface area contributed by atoms with E-state index in [9.17, 15) is 0 Å². The molecule has 2 fully saturated rings. The molecule has 134 valence electrons. The van der Waals surface area contributed by atoms with Crippen molar-refractivity contribution in [3.05, 3.63) is 29.3 Å². The van der Waals surface area contributed by atoms with E-state index in [1.54, 1.807) is 0 Å². The number of hydrogen-bond acceptors (Lipinski definition) is 1. The number of hydrogen-bond donors (Lipinski definition) is 1. The van der Waals surface area contributed by atoms with Gasteiger partial charge < -0.3 is 9.80 Å². The van der Waals surface area contributed by atoms with E-state index in [0.717, 1.165) is 12.0 Å². The number of piperazine rings is 1. The maximum atomic E-state index is 2.62. The number of rotatable bonds is 2. The largest absolute Gasteiger partial charge is 0.360 e. The molecule has 2 heteroatoms. The molecule has 2 aliphatic rings. The highest BCUT2D eigenvalue weighted by Gasteiger charge is 2.35. The molecule has 0 unspecified atom stereocenters. The van der Waals surface area contributed by atoms with Crippen LogP contribution in [0, 0.1) is 25.2 Å². The Kier molecular flexibility index (Phi) is 5.24. The molecule has 0 radical (unpaired) electrons. The molecule has 1 saturated carbocycles. The number of nitrogens with one attached hydrogen (secondary N) is 1. The lowest BCUT2D eigenvalue weighted by Crippen LogP contribution is -3.18. The van der Waals surface area contributed by atoms with Gasteiger partial charge in [-0.15, -0.1) is 0 Å². The molecular weight excluding hydrogens is 292 g/mol. The molecular formula is C22H37N2+. The Hall–Kier alpha value is -1.02. The number of quaternary nitrogens is 1. The van der Waals surface area contributed by atoms with E-state index in [1.165, 1.54) is 68.7 Å². The lowest BCUT2D eigenvalue weighted by atomic mass is 9.71. The minimum atomic E-state index is 0.502. The average Bonchev–Trinajstić information content (AvgIpc) is 2.57. The van der Waals surface area contributed by atoms with Gasteiger partial charge in [0.1, 0.15) is 0 Å². The third kappa shape index (κ3) is 3.96. The lowest BCUT2D eigenvalue weighted by molar-refractivity contribution is -0.927. The van der Waals surface area contributed by atoms with E-state index < -0.39 is 0 Å². The van der Waals surface area contributed by atoms with Gasteiger partial charge in [0, 0.05) is 5.69 Å². The Morgan fingerprint density at radius 2 is 1.58 bits per heavy atom. The molecule has 0 aromatic heterocycles. The predicted molar refractivity (Wildman–Crippen MR) is 104 cm³/mol. The van der Waals surface area contributed by atoms with Crippen molar-refractivity contribution in [2.24, 2.45) is 11.3 Å². The monoisotopic (exact) mass is 329 g/mol. The maximum Gasteiger partial charge on any atom is 0.0951 e. The second kappa shape index (κ2) is 7.07. The smallest absolute Gasteiger partial charge is 0.0951 e. The quantitative estimate of drug-likeness (QED) is 0.871. The van der Waals surface area contributed by atoms with E-state index in [4.69, 9.17) is 0 Å². The van der Waals surface area contributed by atoms with Crippen LogP contribution in [-0.4, -0.2) is 32.2 Å². The van der Waals surface area contributed by atoms with E-state index in [-0.39, 0.29) is 0 Å². The normalized spacial score (nSPS) is 26.6. The van der Waals surface area contributed by atoms with Crippen LogP contribution in [0.3, 0.4) is 0 Å². The molecule has 1 aromatic rings. The van der Waals surface area contributed by atoms with E-state index in [2.05, 4.69) is 57.7 Å². The maximum absolute atomic E-state index is 2.62. The Morgan fingerprint density at radius 1 is 0.958 bits per heavy atom. The fraction of sp³-hybridized carbons (Fsp3) is 0.727. The highest BCUT2D eigenvalue weighted by Crippen LogP contribution is 2.37. The van der Waals surface area contributed by atoms with Crippen molar-refractivity contribution in [3.8, 4) is 0 Å². The van der Waals surface area contributed by atoms with Crippen LogP contribution in [0.25, 0.3) is 0 Å². The second-order valence-electron chi connectivity index (χ2n) is 9.35. The Balaban J connectivity index is 1.54. The molecule has 0 spiro atoms. The number of benzene rings is 1. The minimum Gasteiger partial charge on any atom is -0.360 e. The van der Waals surface area contributed by atoms with Crippen molar-refractivity contribution in [1.82, 2.24) is 0 Å². The summed E-state index contributed by atoms with van der Waals surface area (Å²) in [5, 5.41) is 0. The second-order valence-corrected chi connectivity index (χ2v) is 9.35. The summed E-state index contributed by atoms with van der Waals surface area (Å²) in [5.74, 6) is 0.935. The van der Waals surface area contributed by atoms with E-state index >= 15 is 0 Å². The van der Waals surface area contributed by atoms with Gasteiger partial charge in [0.25, 0.3) is 0 Å². The van der Waals surface area contributed by atoms with Crippen LogP contribution < -0.4 is 9.80 Å². The van der Waals surface area contributed by atoms with Gasteiger partial charge in [-0.25, -0.2) is 0 Å². The van der Waals surface area contributed by atoms with Gasteiger partial charge in [-0.05, 0) is 68.1 Å². The summed E-state index contributed by atoms with van der Waals surface area (Å²) in [6.07, 6.45) is 5.78. The number of nitrogens with zero attached hydrogens (tertiary/aromatic N) is 1. The SMILES string of the molecule is Cc1ccc(C)c(N2CC[NH+](C3CCC(C(C)(C)C)CC3)CC2)c1. The first kappa shape index (κ1) is 17.8. The summed E-state index contributed by atoms with van der Waals surface area (Å²) >= 11 is 0. The molecule has 0 bridgehead atoms. The van der Waals surface area contributed by atoms with Crippen LogP contribution in [0.2, 0.25) is 0 Å². The molecule has 0 amide bonds. The summed E-state index contributed by atoms with van der Waals surface area (Å²) in [6, 6.07) is 7.80. The molecule has 1 saturated heterocycles. The molecule has 1 N–H and O–H groups in total. The zero-order chi connectivity index (χ0) is 17.3. The molecule has 1 aliphatic heterocycles. The van der Waals surface area contributed by atoms with Gasteiger partial charge >= 0.3 is 0 Å². The van der Waals surface area contributed by atoms with E-state index in [0.29, 0.717) is 5.41 Å². The Morgan fingerprint density at radius 3 is 2.17 bits per heavy atom. The first-order valence-corrected chi connectivity index (χ1v) is 10.0. The van der Waals surface area contributed by atoms with Gasteiger partial charge in [-0.1, -0.05) is 32.9 Å². The van der Waals surface area contributed by atoms with Crippen LogP contribution in [-0.2, 0) is 0 Å². The zero-order valence-corrected chi connectivity index (χ0v) is 16.5. The molecule has 2 nitrogen and oxygen atoms in total. The van der Waals surface area contributed by atoms with E-state index in [1.807, 2.05) is 4.90 Å². The fourth-order valence-corrected chi connectivity index (χ4v) is 4.87. The Bertz CT molecular complexity index is 542. The van der Waals surface area contributed by atoms with Crippen molar-refractivity contribution in [1.29, 1.82) is 0 Å². The van der Waals surface area contributed by atoms with Crippen molar-refractivity contribution < 1.29 is 4.90 Å². The molecule has 1 aromatic carbocycles. The van der Waals surface area contributed by atoms with Gasteiger partial charge in [0.2, 0.25) is 0 Å². The molecule has 1 heterocycles. The van der Waals surface area contributed by atoms with Crippen LogP contribution in [0.5, 0.6) is 0 Å². The number of aryl methyl sites for hydroxylation is 2. The summed E-state index contributed by atoms with van der Waals surface area (Å²) in [5.41, 5.74) is 4.77. The van der Waals surface area contributed by atoms with Crippen molar-refractivity contribution in [3.63, 3.8) is 0 Å². The standard InChI is InChI=1S/C22H36N2/c1-17-6-7-18(2)21(16-17)24-14-12-23(13-15-24)20-10-8-19(9-11-20)22(3,4)5/h6-7,16,19-20H,8-15H2,1-5H3/p+1. The van der Waals surface area contributed by atoms with Crippen molar-refractivity contribution in [2.75, 3.05) is 31.1 Å². The summed E-state index contributed by atoms with van der Waals surface area (Å²) < 4.78 is 0. The number of anilines is 1. The third-order valence-corrected chi connectivity index (χ3v) is 6.64. The predicted octanol–water partition coefficient (Wildman–Crippen LogP) is 3.61. The van der Waals surface area contributed by atoms with Crippen LogP contribution in [0.15, 0.2) is 18.2 Å². The molecule has 1 aliphatic carbocycles. The van der Waals surface area contributed by atoms with Crippen molar-refractivity contribution >= 4 is 5.69 Å². The molecule has 24 heavy (non-hydrogen) atoms. The van der Waals surface area contributed by atoms with Gasteiger partial charge in [-0.3, -0.25) is 0 Å². The topological polar surface area (TPSA) is 7.68 Å². The summed E-state index contributed by atoms with van der Waals surface area (Å²) in [4.78, 5) is 4.50.